The molecule has 0 bridgehead atoms. The molecule has 1 fully saturated rings. The summed E-state index contributed by atoms with van der Waals surface area (Å²) in [4.78, 5) is 15.2. The minimum Gasteiger partial charge on any atom is -0.350 e. The molecule has 1 heterocycles. The maximum absolute atomic E-state index is 12.8. The van der Waals surface area contributed by atoms with Crippen LogP contribution >= 0.6 is 0 Å². The summed E-state index contributed by atoms with van der Waals surface area (Å²) in [7, 11) is -3.64. The van der Waals surface area contributed by atoms with Crippen LogP contribution < -0.4 is 10.0 Å². The third kappa shape index (κ3) is 5.65. The third-order valence-corrected chi connectivity index (χ3v) is 6.68. The molecular weight excluding hydrogens is 386 g/mol. The molecule has 1 aliphatic rings. The smallest absolute Gasteiger partial charge is 0.251 e. The van der Waals surface area contributed by atoms with E-state index in [0.717, 1.165) is 13.1 Å². The Bertz CT molecular complexity index is 923. The van der Waals surface area contributed by atoms with E-state index in [9.17, 15) is 13.2 Å². The van der Waals surface area contributed by atoms with Crippen molar-refractivity contribution in [1.29, 1.82) is 0 Å². The van der Waals surface area contributed by atoms with Crippen molar-refractivity contribution in [3.63, 3.8) is 0 Å². The zero-order valence-electron chi connectivity index (χ0n) is 17.0. The first-order chi connectivity index (χ1) is 13.9. The van der Waals surface area contributed by atoms with Gasteiger partial charge in [0, 0.05) is 18.2 Å². The Labute approximate surface area is 173 Å². The quantitative estimate of drug-likeness (QED) is 0.695. The second-order valence-electron chi connectivity index (χ2n) is 7.68. The first-order valence-electron chi connectivity index (χ1n) is 10.1. The van der Waals surface area contributed by atoms with Gasteiger partial charge in [0.2, 0.25) is 10.0 Å². The molecule has 1 atom stereocenters. The largest absolute Gasteiger partial charge is 0.350 e. The number of rotatable bonds is 8. The predicted octanol–water partition coefficient (Wildman–Crippen LogP) is 2.94. The van der Waals surface area contributed by atoms with E-state index in [4.69, 9.17) is 0 Å². The SMILES string of the molecule is CC(C)NS(=O)(=O)c1cccc(C(=O)NCC(c2ccccc2)N2CCCC2)c1. The number of likely N-dealkylation sites (tertiary alicyclic amines) is 1. The summed E-state index contributed by atoms with van der Waals surface area (Å²) in [6.07, 6.45) is 2.33. The first-order valence-corrected chi connectivity index (χ1v) is 11.5. The van der Waals surface area contributed by atoms with Gasteiger partial charge in [0.1, 0.15) is 0 Å². The number of carbonyl (C=O) groups excluding carboxylic acids is 1. The van der Waals surface area contributed by atoms with Gasteiger partial charge in [-0.2, -0.15) is 0 Å². The average molecular weight is 416 g/mol. The summed E-state index contributed by atoms with van der Waals surface area (Å²) in [5, 5.41) is 3.00. The van der Waals surface area contributed by atoms with Gasteiger partial charge < -0.3 is 5.32 Å². The van der Waals surface area contributed by atoms with Crippen LogP contribution in [0, 0.1) is 0 Å². The second-order valence-corrected chi connectivity index (χ2v) is 9.40. The molecule has 3 rings (SSSR count). The molecule has 156 valence electrons. The summed E-state index contributed by atoms with van der Waals surface area (Å²) in [5.74, 6) is -0.272. The number of benzene rings is 2. The van der Waals surface area contributed by atoms with Crippen LogP contribution in [0.15, 0.2) is 59.5 Å². The highest BCUT2D eigenvalue weighted by molar-refractivity contribution is 7.89. The van der Waals surface area contributed by atoms with Crippen LogP contribution in [-0.2, 0) is 10.0 Å². The minimum absolute atomic E-state index is 0.0954. The molecule has 0 saturated carbocycles. The van der Waals surface area contributed by atoms with Gasteiger partial charge >= 0.3 is 0 Å². The van der Waals surface area contributed by atoms with Crippen molar-refractivity contribution in [1.82, 2.24) is 14.9 Å². The fourth-order valence-electron chi connectivity index (χ4n) is 3.66. The Kier molecular flexibility index (Phi) is 7.05. The van der Waals surface area contributed by atoms with E-state index in [0.29, 0.717) is 12.1 Å². The molecule has 0 radical (unpaired) electrons. The highest BCUT2D eigenvalue weighted by Gasteiger charge is 2.24. The Morgan fingerprint density at radius 1 is 1.03 bits per heavy atom. The van der Waals surface area contributed by atoms with E-state index in [2.05, 4.69) is 27.1 Å². The molecule has 1 unspecified atom stereocenters. The zero-order chi connectivity index (χ0) is 20.9. The lowest BCUT2D eigenvalue weighted by molar-refractivity contribution is 0.0937. The first kappa shape index (κ1) is 21.5. The van der Waals surface area contributed by atoms with Crippen molar-refractivity contribution in [2.75, 3.05) is 19.6 Å². The van der Waals surface area contributed by atoms with E-state index in [1.165, 1.54) is 30.5 Å². The van der Waals surface area contributed by atoms with E-state index in [-0.39, 0.29) is 22.9 Å². The lowest BCUT2D eigenvalue weighted by Gasteiger charge is -2.28. The lowest BCUT2D eigenvalue weighted by atomic mass is 10.1. The van der Waals surface area contributed by atoms with Crippen molar-refractivity contribution >= 4 is 15.9 Å². The van der Waals surface area contributed by atoms with Gasteiger partial charge in [0.15, 0.2) is 0 Å². The number of hydrogen-bond donors (Lipinski definition) is 2. The standard InChI is InChI=1S/C22H29N3O3S/c1-17(2)24-29(27,28)20-12-8-11-19(15-20)22(26)23-16-21(25-13-6-7-14-25)18-9-4-3-5-10-18/h3-5,8-12,15,17,21,24H,6-7,13-14,16H2,1-2H3,(H,23,26). The van der Waals surface area contributed by atoms with Gasteiger partial charge in [-0.1, -0.05) is 36.4 Å². The number of hydrogen-bond acceptors (Lipinski definition) is 4. The summed E-state index contributed by atoms with van der Waals surface area (Å²) in [6.45, 7) is 6.03. The van der Waals surface area contributed by atoms with Gasteiger partial charge in [0.05, 0.1) is 10.9 Å². The van der Waals surface area contributed by atoms with Gasteiger partial charge in [-0.3, -0.25) is 9.69 Å². The van der Waals surface area contributed by atoms with Crippen LogP contribution in [0.4, 0.5) is 0 Å². The molecule has 2 N–H and O–H groups in total. The fourth-order valence-corrected chi connectivity index (χ4v) is 4.96. The highest BCUT2D eigenvalue weighted by atomic mass is 32.2. The van der Waals surface area contributed by atoms with E-state index in [1.54, 1.807) is 26.0 Å². The Balaban J connectivity index is 1.73. The van der Waals surface area contributed by atoms with Crippen molar-refractivity contribution in [3.8, 4) is 0 Å². The topological polar surface area (TPSA) is 78.5 Å². The van der Waals surface area contributed by atoms with Crippen molar-refractivity contribution < 1.29 is 13.2 Å². The highest BCUT2D eigenvalue weighted by Crippen LogP contribution is 2.24. The van der Waals surface area contributed by atoms with Crippen molar-refractivity contribution in [2.24, 2.45) is 0 Å². The molecule has 0 aromatic heterocycles. The molecule has 2 aromatic rings. The van der Waals surface area contributed by atoms with E-state index in [1.807, 2.05) is 18.2 Å². The Hall–Kier alpha value is -2.22. The Morgan fingerprint density at radius 2 is 1.72 bits per heavy atom. The summed E-state index contributed by atoms with van der Waals surface area (Å²) < 4.78 is 27.3. The third-order valence-electron chi connectivity index (χ3n) is 5.02. The van der Waals surface area contributed by atoms with E-state index < -0.39 is 10.0 Å². The Morgan fingerprint density at radius 3 is 2.38 bits per heavy atom. The summed E-state index contributed by atoms with van der Waals surface area (Å²) in [5.41, 5.74) is 1.51. The molecule has 29 heavy (non-hydrogen) atoms. The zero-order valence-corrected chi connectivity index (χ0v) is 17.8. The van der Waals surface area contributed by atoms with Gasteiger partial charge in [-0.05, 0) is 63.5 Å². The number of sulfonamides is 1. The van der Waals surface area contributed by atoms with Crippen LogP contribution in [0.3, 0.4) is 0 Å². The van der Waals surface area contributed by atoms with Crippen LogP contribution in [-0.4, -0.2) is 44.9 Å². The average Bonchev–Trinajstić information content (AvgIpc) is 3.22. The van der Waals surface area contributed by atoms with Gasteiger partial charge in [-0.25, -0.2) is 13.1 Å². The minimum atomic E-state index is -3.64. The maximum atomic E-state index is 12.8. The molecule has 2 aromatic carbocycles. The van der Waals surface area contributed by atoms with Crippen LogP contribution in [0.2, 0.25) is 0 Å². The van der Waals surface area contributed by atoms with Crippen LogP contribution in [0.1, 0.15) is 48.7 Å². The van der Waals surface area contributed by atoms with Gasteiger partial charge in [0.25, 0.3) is 5.91 Å². The predicted molar refractivity (Wildman–Crippen MR) is 114 cm³/mol. The number of nitrogens with zero attached hydrogens (tertiary/aromatic N) is 1. The summed E-state index contributed by atoms with van der Waals surface area (Å²) >= 11 is 0. The molecule has 1 saturated heterocycles. The monoisotopic (exact) mass is 415 g/mol. The summed E-state index contributed by atoms with van der Waals surface area (Å²) in [6, 6.07) is 16.2. The van der Waals surface area contributed by atoms with Gasteiger partial charge in [-0.15, -0.1) is 0 Å². The molecule has 7 heteroatoms. The van der Waals surface area contributed by atoms with Crippen LogP contribution in [0.5, 0.6) is 0 Å². The number of nitrogens with one attached hydrogen (secondary N) is 2. The fraction of sp³-hybridized carbons (Fsp3) is 0.409. The number of carbonyl (C=O) groups is 1. The molecule has 0 aliphatic carbocycles. The van der Waals surface area contributed by atoms with Crippen molar-refractivity contribution in [3.05, 3.63) is 65.7 Å². The lowest BCUT2D eigenvalue weighted by Crippen LogP contribution is -2.37. The normalized spacial score (nSPS) is 16.1. The van der Waals surface area contributed by atoms with Crippen LogP contribution in [0.25, 0.3) is 0 Å². The number of amides is 1. The van der Waals surface area contributed by atoms with Crippen molar-refractivity contribution in [2.45, 2.75) is 43.7 Å². The van der Waals surface area contributed by atoms with E-state index >= 15 is 0 Å². The molecule has 0 spiro atoms. The molecular formula is C22H29N3O3S. The second kappa shape index (κ2) is 9.52. The molecule has 1 aliphatic heterocycles. The molecule has 6 nitrogen and oxygen atoms in total. The maximum Gasteiger partial charge on any atom is 0.251 e. The molecule has 1 amide bonds.